The third-order valence-electron chi connectivity index (χ3n) is 6.40. The van der Waals surface area contributed by atoms with Crippen LogP contribution in [0.2, 0.25) is 5.02 Å². The quantitative estimate of drug-likeness (QED) is 0.129. The largest absolute Gasteiger partial charge is 0.496 e. The van der Waals surface area contributed by atoms with Crippen LogP contribution in [0.15, 0.2) is 41.3 Å². The summed E-state index contributed by atoms with van der Waals surface area (Å²) < 4.78 is 50.2. The number of rotatable bonds is 20. The number of carbonyl (C=O) groups is 2. The molecule has 0 spiro atoms. The Morgan fingerprint density at radius 1 is 0.976 bits per heavy atom. The Morgan fingerprint density at radius 2 is 1.67 bits per heavy atom. The molecule has 42 heavy (non-hydrogen) atoms. The van der Waals surface area contributed by atoms with E-state index >= 15 is 0 Å². The van der Waals surface area contributed by atoms with Gasteiger partial charge in [0.05, 0.1) is 38.4 Å². The van der Waals surface area contributed by atoms with E-state index in [9.17, 15) is 18.0 Å². The number of sulfonamides is 1. The molecule has 0 saturated carbocycles. The van der Waals surface area contributed by atoms with Gasteiger partial charge in [-0.15, -0.1) is 0 Å². The summed E-state index contributed by atoms with van der Waals surface area (Å²) in [6.45, 7) is 2.66. The Morgan fingerprint density at radius 3 is 2.38 bits per heavy atom. The molecule has 1 aliphatic carbocycles. The Balaban J connectivity index is 1.26. The van der Waals surface area contributed by atoms with Crippen LogP contribution in [0.4, 0.5) is 4.79 Å². The minimum atomic E-state index is -3.71. The van der Waals surface area contributed by atoms with Crippen molar-refractivity contribution in [2.45, 2.75) is 36.7 Å². The number of benzene rings is 2. The van der Waals surface area contributed by atoms with E-state index in [1.165, 1.54) is 12.1 Å². The van der Waals surface area contributed by atoms with E-state index in [1.807, 2.05) is 6.07 Å². The van der Waals surface area contributed by atoms with E-state index in [2.05, 4.69) is 20.7 Å². The maximum atomic E-state index is 12.6. The second-order valence-corrected chi connectivity index (χ2v) is 11.6. The van der Waals surface area contributed by atoms with Crippen molar-refractivity contribution in [1.82, 2.24) is 20.7 Å². The van der Waals surface area contributed by atoms with E-state index in [4.69, 9.17) is 30.5 Å². The van der Waals surface area contributed by atoms with Crippen molar-refractivity contribution in [2.24, 2.45) is 0 Å². The highest BCUT2D eigenvalue weighted by Gasteiger charge is 2.28. The summed E-state index contributed by atoms with van der Waals surface area (Å²) >= 11 is 6.23. The Labute approximate surface area is 251 Å². The minimum absolute atomic E-state index is 0.106. The van der Waals surface area contributed by atoms with Gasteiger partial charge in [0.2, 0.25) is 16.4 Å². The number of hydrogen-bond acceptors (Lipinski definition) is 8. The fourth-order valence-electron chi connectivity index (χ4n) is 4.35. The molecule has 0 saturated heterocycles. The van der Waals surface area contributed by atoms with Crippen molar-refractivity contribution in [2.75, 3.05) is 59.7 Å². The van der Waals surface area contributed by atoms with Gasteiger partial charge in [-0.25, -0.2) is 17.9 Å². The predicted molar refractivity (Wildman–Crippen MR) is 158 cm³/mol. The highest BCUT2D eigenvalue weighted by Crippen LogP contribution is 2.41. The number of fused-ring (bicyclic) bond motifs is 1. The van der Waals surface area contributed by atoms with E-state index in [1.54, 1.807) is 25.3 Å². The molecule has 12 nitrogen and oxygen atoms in total. The van der Waals surface area contributed by atoms with E-state index in [-0.39, 0.29) is 36.8 Å². The number of urea groups is 1. The first-order valence-corrected chi connectivity index (χ1v) is 15.7. The lowest BCUT2D eigenvalue weighted by molar-refractivity contribution is -0.109. The zero-order valence-electron chi connectivity index (χ0n) is 23.7. The smallest absolute Gasteiger partial charge is 0.314 e. The number of hydrogen-bond donors (Lipinski definition) is 4. The van der Waals surface area contributed by atoms with Crippen molar-refractivity contribution in [3.8, 4) is 11.5 Å². The average molecular weight is 627 g/mol. The summed E-state index contributed by atoms with van der Waals surface area (Å²) in [7, 11) is -2.09. The number of carbonyl (C=O) groups excluding carboxylic acids is 2. The van der Waals surface area contributed by atoms with Gasteiger partial charge in [0.1, 0.15) is 17.6 Å². The highest BCUT2D eigenvalue weighted by atomic mass is 35.5. The SMILES string of the molecule is COc1cc(Cl)cc2c1CC[C@H]2Oc1ccc(S(=O)(=O)NCCOCCOCCNC(=O)NCCCCNC=O)cc1. The molecule has 14 heteroatoms. The van der Waals surface area contributed by atoms with Crippen molar-refractivity contribution in [3.63, 3.8) is 0 Å². The van der Waals surface area contributed by atoms with Crippen LogP contribution in [0, 0.1) is 0 Å². The number of halogens is 1. The minimum Gasteiger partial charge on any atom is -0.496 e. The second-order valence-electron chi connectivity index (χ2n) is 9.38. The normalized spacial score (nSPS) is 14.2. The monoisotopic (exact) mass is 626 g/mol. The van der Waals surface area contributed by atoms with Crippen LogP contribution in [0.1, 0.15) is 36.5 Å². The zero-order chi connectivity index (χ0) is 30.2. The van der Waals surface area contributed by atoms with Crippen LogP contribution in [0.3, 0.4) is 0 Å². The lowest BCUT2D eigenvalue weighted by Crippen LogP contribution is -2.38. The molecule has 232 valence electrons. The van der Waals surface area contributed by atoms with Crippen LogP contribution in [-0.4, -0.2) is 80.6 Å². The van der Waals surface area contributed by atoms with Crippen LogP contribution in [0.25, 0.3) is 0 Å². The Bertz CT molecular complexity index is 1250. The van der Waals surface area contributed by atoms with Gasteiger partial charge in [0.15, 0.2) is 0 Å². The first kappa shape index (κ1) is 33.4. The summed E-state index contributed by atoms with van der Waals surface area (Å²) in [5, 5.41) is 8.53. The van der Waals surface area contributed by atoms with Crippen molar-refractivity contribution < 1.29 is 37.0 Å². The van der Waals surface area contributed by atoms with E-state index in [0.717, 1.165) is 42.6 Å². The maximum absolute atomic E-state index is 12.6. The second kappa shape index (κ2) is 17.8. The number of amides is 3. The number of nitrogens with one attached hydrogen (secondary N) is 4. The van der Waals surface area contributed by atoms with Crippen LogP contribution < -0.4 is 30.1 Å². The molecule has 4 N–H and O–H groups in total. The van der Waals surface area contributed by atoms with Crippen molar-refractivity contribution >= 4 is 34.1 Å². The van der Waals surface area contributed by atoms with E-state index < -0.39 is 10.0 Å². The van der Waals surface area contributed by atoms with Crippen molar-refractivity contribution in [3.05, 3.63) is 52.5 Å². The molecular formula is C28H39ClN4O8S. The number of methoxy groups -OCH3 is 1. The Kier molecular flexibility index (Phi) is 14.1. The molecule has 2 aromatic rings. The first-order valence-electron chi connectivity index (χ1n) is 13.8. The fourth-order valence-corrected chi connectivity index (χ4v) is 5.58. The molecule has 0 unspecified atom stereocenters. The van der Waals surface area contributed by atoms with Gasteiger partial charge in [-0.2, -0.15) is 0 Å². The lowest BCUT2D eigenvalue weighted by Gasteiger charge is -2.16. The standard InChI is InChI=1S/C28H39ClN4O8S/c1-38-27-19-21(29)18-25-24(27)8-9-26(25)41-22-4-6-23(7-5-22)42(36,37)33-13-15-40-17-16-39-14-12-32-28(35)31-11-3-2-10-30-20-34/h4-7,18-20,26,33H,2-3,8-17H2,1H3,(H,30,34)(H2,31,32,35)/t26-/m1/s1. The van der Waals surface area contributed by atoms with Gasteiger partial charge < -0.3 is 34.9 Å². The molecule has 1 aliphatic rings. The maximum Gasteiger partial charge on any atom is 0.314 e. The highest BCUT2D eigenvalue weighted by molar-refractivity contribution is 7.89. The summed E-state index contributed by atoms with van der Waals surface area (Å²) in [5.74, 6) is 1.31. The zero-order valence-corrected chi connectivity index (χ0v) is 25.2. The summed E-state index contributed by atoms with van der Waals surface area (Å²) in [6, 6.07) is 9.67. The molecule has 0 radical (unpaired) electrons. The molecule has 0 heterocycles. The van der Waals surface area contributed by atoms with Gasteiger partial charge in [-0.3, -0.25) is 4.79 Å². The average Bonchev–Trinajstić information content (AvgIpc) is 3.37. The molecule has 2 aromatic carbocycles. The van der Waals surface area contributed by atoms with Gasteiger partial charge in [-0.1, -0.05) is 11.6 Å². The van der Waals surface area contributed by atoms with Gasteiger partial charge in [-0.05, 0) is 62.1 Å². The van der Waals surface area contributed by atoms with Crippen LogP contribution >= 0.6 is 11.6 Å². The topological polar surface area (TPSA) is 153 Å². The molecule has 1 atom stereocenters. The van der Waals surface area contributed by atoms with Crippen molar-refractivity contribution in [1.29, 1.82) is 0 Å². The molecule has 0 aliphatic heterocycles. The molecule has 0 aromatic heterocycles. The predicted octanol–water partition coefficient (Wildman–Crippen LogP) is 2.55. The summed E-state index contributed by atoms with van der Waals surface area (Å²) in [4.78, 5) is 21.9. The number of ether oxygens (including phenoxy) is 4. The molecule has 3 rings (SSSR count). The van der Waals surface area contributed by atoms with E-state index in [0.29, 0.717) is 50.0 Å². The fraction of sp³-hybridized carbons (Fsp3) is 0.500. The molecule has 3 amide bonds. The van der Waals surface area contributed by atoms with Gasteiger partial charge in [0, 0.05) is 42.3 Å². The molecule has 0 bridgehead atoms. The third kappa shape index (κ3) is 11.0. The van der Waals surface area contributed by atoms with Crippen LogP contribution in [0.5, 0.6) is 11.5 Å². The molecule has 0 fully saturated rings. The third-order valence-corrected chi connectivity index (χ3v) is 8.10. The first-order chi connectivity index (χ1) is 20.3. The van der Waals surface area contributed by atoms with Crippen LogP contribution in [-0.2, 0) is 30.7 Å². The van der Waals surface area contributed by atoms with Gasteiger partial charge in [0.25, 0.3) is 0 Å². The van der Waals surface area contributed by atoms with Gasteiger partial charge >= 0.3 is 6.03 Å². The summed E-state index contributed by atoms with van der Waals surface area (Å²) in [5.41, 5.74) is 2.06. The molecular weight excluding hydrogens is 588 g/mol. The Hall–Kier alpha value is -3.10. The lowest BCUT2D eigenvalue weighted by atomic mass is 10.1. The summed E-state index contributed by atoms with van der Waals surface area (Å²) in [6.07, 6.45) is 3.60. The number of unbranched alkanes of at least 4 members (excludes halogenated alkanes) is 1.